The molecule has 0 atom stereocenters. The highest BCUT2D eigenvalue weighted by atomic mass is 35.5. The number of benzene rings is 2. The lowest BCUT2D eigenvalue weighted by Crippen LogP contribution is -2.15. The Balaban J connectivity index is 1.81. The fourth-order valence-corrected chi connectivity index (χ4v) is 3.47. The molecular formula is C20H14Cl2F3N3O2S. The molecule has 0 aliphatic carbocycles. The molecule has 0 unspecified atom stereocenters. The van der Waals surface area contributed by atoms with Gasteiger partial charge >= 0.3 is 6.18 Å². The molecule has 0 saturated carbocycles. The largest absolute Gasteiger partial charge is 0.497 e. The third kappa shape index (κ3) is 6.03. The molecule has 0 fully saturated rings. The summed E-state index contributed by atoms with van der Waals surface area (Å²) >= 11 is 12.7. The number of carbonyl (C=O) groups is 1. The quantitative estimate of drug-likeness (QED) is 0.330. The van der Waals surface area contributed by atoms with Crippen LogP contribution in [0.5, 0.6) is 5.75 Å². The van der Waals surface area contributed by atoms with Crippen LogP contribution in [0.2, 0.25) is 10.0 Å². The molecule has 0 radical (unpaired) electrons. The zero-order valence-electron chi connectivity index (χ0n) is 15.8. The highest BCUT2D eigenvalue weighted by molar-refractivity contribution is 7.99. The van der Waals surface area contributed by atoms with Crippen LogP contribution in [0.1, 0.15) is 5.69 Å². The second-order valence-corrected chi connectivity index (χ2v) is 7.81. The molecule has 0 bridgehead atoms. The SMILES string of the molecule is COc1ccc(-c2cc(C(F)(F)F)nc(SCC(=O)Nc3cccc(Cl)c3Cl)n2)cc1. The number of ether oxygens (including phenoxy) is 1. The monoisotopic (exact) mass is 487 g/mol. The normalized spacial score (nSPS) is 11.3. The zero-order chi connectivity index (χ0) is 22.6. The summed E-state index contributed by atoms with van der Waals surface area (Å²) in [4.78, 5) is 19.9. The number of anilines is 1. The van der Waals surface area contributed by atoms with Crippen molar-refractivity contribution in [3.63, 3.8) is 0 Å². The minimum Gasteiger partial charge on any atom is -0.497 e. The molecule has 162 valence electrons. The molecule has 0 saturated heterocycles. The van der Waals surface area contributed by atoms with Crippen LogP contribution in [0.25, 0.3) is 11.3 Å². The molecule has 31 heavy (non-hydrogen) atoms. The Morgan fingerprint density at radius 2 is 1.84 bits per heavy atom. The number of nitrogens with zero attached hydrogens (tertiary/aromatic N) is 2. The first kappa shape index (κ1) is 23.2. The summed E-state index contributed by atoms with van der Waals surface area (Å²) in [5.74, 6) is -0.173. The highest BCUT2D eigenvalue weighted by Crippen LogP contribution is 2.33. The maximum Gasteiger partial charge on any atom is 0.433 e. The molecule has 1 aromatic heterocycles. The van der Waals surface area contributed by atoms with Crippen molar-refractivity contribution >= 4 is 46.6 Å². The lowest BCUT2D eigenvalue weighted by Gasteiger charge is -2.11. The number of thioether (sulfide) groups is 1. The van der Waals surface area contributed by atoms with Gasteiger partial charge in [-0.3, -0.25) is 4.79 Å². The molecule has 11 heteroatoms. The van der Waals surface area contributed by atoms with Gasteiger partial charge in [-0.1, -0.05) is 41.0 Å². The predicted molar refractivity (Wildman–Crippen MR) is 115 cm³/mol. The minimum absolute atomic E-state index is 0.0748. The second-order valence-electron chi connectivity index (χ2n) is 6.09. The molecule has 0 aliphatic rings. The standard InChI is InChI=1S/C20H14Cl2F3N3O2S/c1-30-12-7-5-11(6-8-12)15-9-16(20(23,24)25)28-19(27-15)31-10-17(29)26-14-4-2-3-13(21)18(14)22/h2-9H,10H2,1H3,(H,26,29). The summed E-state index contributed by atoms with van der Waals surface area (Å²) in [7, 11) is 1.48. The molecule has 0 spiro atoms. The van der Waals surface area contributed by atoms with Crippen LogP contribution in [0, 0.1) is 0 Å². The number of halogens is 5. The van der Waals surface area contributed by atoms with E-state index in [9.17, 15) is 18.0 Å². The van der Waals surface area contributed by atoms with E-state index >= 15 is 0 Å². The van der Waals surface area contributed by atoms with Gasteiger partial charge < -0.3 is 10.1 Å². The number of amides is 1. The van der Waals surface area contributed by atoms with E-state index in [0.717, 1.165) is 17.8 Å². The lowest BCUT2D eigenvalue weighted by molar-refractivity contribution is -0.141. The smallest absolute Gasteiger partial charge is 0.433 e. The van der Waals surface area contributed by atoms with Crippen molar-refractivity contribution in [1.82, 2.24) is 9.97 Å². The highest BCUT2D eigenvalue weighted by Gasteiger charge is 2.34. The number of hydrogen-bond acceptors (Lipinski definition) is 5. The van der Waals surface area contributed by atoms with Crippen LogP contribution in [0.3, 0.4) is 0 Å². The first-order valence-corrected chi connectivity index (χ1v) is 10.4. The first-order chi connectivity index (χ1) is 14.7. The van der Waals surface area contributed by atoms with E-state index in [1.807, 2.05) is 0 Å². The van der Waals surface area contributed by atoms with Crippen molar-refractivity contribution in [2.24, 2.45) is 0 Å². The molecule has 1 N–H and O–H groups in total. The molecule has 3 rings (SSSR count). The molecule has 5 nitrogen and oxygen atoms in total. The Kier molecular flexibility index (Phi) is 7.30. The topological polar surface area (TPSA) is 64.1 Å². The van der Waals surface area contributed by atoms with Crippen LogP contribution < -0.4 is 10.1 Å². The summed E-state index contributed by atoms with van der Waals surface area (Å²) in [5, 5.41) is 2.80. The minimum atomic E-state index is -4.67. The fraction of sp³-hybridized carbons (Fsp3) is 0.150. The summed E-state index contributed by atoms with van der Waals surface area (Å²) in [6.07, 6.45) is -4.67. The van der Waals surface area contributed by atoms with Crippen LogP contribution in [-0.4, -0.2) is 28.7 Å². The van der Waals surface area contributed by atoms with Gasteiger partial charge in [-0.05, 0) is 42.5 Å². The van der Waals surface area contributed by atoms with E-state index in [0.29, 0.717) is 17.0 Å². The van der Waals surface area contributed by atoms with Gasteiger partial charge in [0.1, 0.15) is 11.4 Å². The van der Waals surface area contributed by atoms with Gasteiger partial charge in [0.25, 0.3) is 0 Å². The van der Waals surface area contributed by atoms with Gasteiger partial charge in [0.2, 0.25) is 5.91 Å². The van der Waals surface area contributed by atoms with Crippen molar-refractivity contribution in [2.75, 3.05) is 18.2 Å². The average molecular weight is 488 g/mol. The fourth-order valence-electron chi connectivity index (χ4n) is 2.46. The summed E-state index contributed by atoms with van der Waals surface area (Å²) in [6.45, 7) is 0. The Hall–Kier alpha value is -2.49. The number of rotatable bonds is 6. The maximum absolute atomic E-state index is 13.3. The summed E-state index contributed by atoms with van der Waals surface area (Å²) < 4.78 is 45.0. The van der Waals surface area contributed by atoms with E-state index < -0.39 is 17.8 Å². The van der Waals surface area contributed by atoms with Gasteiger partial charge in [-0.15, -0.1) is 0 Å². The van der Waals surface area contributed by atoms with E-state index in [-0.39, 0.29) is 26.6 Å². The van der Waals surface area contributed by atoms with E-state index in [4.69, 9.17) is 27.9 Å². The molecule has 1 heterocycles. The van der Waals surface area contributed by atoms with Crippen LogP contribution in [0.4, 0.5) is 18.9 Å². The van der Waals surface area contributed by atoms with E-state index in [2.05, 4.69) is 15.3 Å². The van der Waals surface area contributed by atoms with Gasteiger partial charge in [0, 0.05) is 5.56 Å². The van der Waals surface area contributed by atoms with Gasteiger partial charge in [-0.2, -0.15) is 13.2 Å². The number of alkyl halides is 3. The van der Waals surface area contributed by atoms with Crippen LogP contribution >= 0.6 is 35.0 Å². The van der Waals surface area contributed by atoms with E-state index in [1.165, 1.54) is 7.11 Å². The number of hydrogen-bond donors (Lipinski definition) is 1. The number of methoxy groups -OCH3 is 1. The number of carbonyl (C=O) groups excluding carboxylic acids is 1. The molecule has 2 aromatic carbocycles. The predicted octanol–water partition coefficient (Wildman–Crippen LogP) is 6.21. The summed E-state index contributed by atoms with van der Waals surface area (Å²) in [5.41, 5.74) is -0.283. The Labute approximate surface area is 189 Å². The van der Waals surface area contributed by atoms with Gasteiger partial charge in [0.15, 0.2) is 5.16 Å². The molecule has 1 amide bonds. The van der Waals surface area contributed by atoms with Gasteiger partial charge in [-0.25, -0.2) is 9.97 Å². The first-order valence-electron chi connectivity index (χ1n) is 8.64. The number of aromatic nitrogens is 2. The van der Waals surface area contributed by atoms with Crippen molar-refractivity contribution in [2.45, 2.75) is 11.3 Å². The van der Waals surface area contributed by atoms with Crippen molar-refractivity contribution < 1.29 is 22.7 Å². The lowest BCUT2D eigenvalue weighted by atomic mass is 10.1. The Morgan fingerprint density at radius 1 is 1.13 bits per heavy atom. The zero-order valence-corrected chi connectivity index (χ0v) is 18.2. The molecular weight excluding hydrogens is 474 g/mol. The molecule has 0 aliphatic heterocycles. The van der Waals surface area contributed by atoms with Crippen LogP contribution in [0.15, 0.2) is 53.7 Å². The third-order valence-electron chi connectivity index (χ3n) is 3.94. The maximum atomic E-state index is 13.3. The average Bonchev–Trinajstić information content (AvgIpc) is 2.75. The summed E-state index contributed by atoms with van der Waals surface area (Å²) in [6, 6.07) is 12.0. The number of nitrogens with one attached hydrogen (secondary N) is 1. The van der Waals surface area contributed by atoms with Crippen molar-refractivity contribution in [3.8, 4) is 17.0 Å². The third-order valence-corrected chi connectivity index (χ3v) is 5.61. The van der Waals surface area contributed by atoms with Crippen molar-refractivity contribution in [3.05, 3.63) is 64.3 Å². The Bertz CT molecular complexity index is 1100. The second kappa shape index (κ2) is 9.76. The van der Waals surface area contributed by atoms with Crippen molar-refractivity contribution in [1.29, 1.82) is 0 Å². The van der Waals surface area contributed by atoms with Gasteiger partial charge in [0.05, 0.1) is 34.3 Å². The molecule has 3 aromatic rings. The van der Waals surface area contributed by atoms with E-state index in [1.54, 1.807) is 42.5 Å². The Morgan fingerprint density at radius 3 is 2.48 bits per heavy atom. The van der Waals surface area contributed by atoms with Crippen LogP contribution in [-0.2, 0) is 11.0 Å².